The maximum atomic E-state index is 12.4. The number of nitrogens with two attached hydrogens (primary N) is 1. The fraction of sp³-hybridized carbons (Fsp3) is 0.400. The quantitative estimate of drug-likeness (QED) is 0.864. The van der Waals surface area contributed by atoms with Crippen LogP contribution in [-0.4, -0.2) is 48.9 Å². The molecule has 0 aromatic heterocycles. The number of fused-ring (bicyclic) bond motifs is 1. The van der Waals surface area contributed by atoms with Crippen molar-refractivity contribution in [3.8, 4) is 5.75 Å². The normalized spacial score (nSPS) is 20.2. The SMILES string of the molecule is NC(=O)C1CCN(C(=O)CN2C(=O)COc3ccc(Cl)cc32)C1. The van der Waals surface area contributed by atoms with Gasteiger partial charge in [0, 0.05) is 18.1 Å². The predicted octanol–water partition coefficient (Wildman–Crippen LogP) is 0.399. The fourth-order valence-corrected chi connectivity index (χ4v) is 2.97. The van der Waals surface area contributed by atoms with E-state index in [1.54, 1.807) is 23.1 Å². The summed E-state index contributed by atoms with van der Waals surface area (Å²) in [6, 6.07) is 4.92. The van der Waals surface area contributed by atoms with E-state index in [1.165, 1.54) is 4.90 Å². The van der Waals surface area contributed by atoms with Crippen LogP contribution in [0.4, 0.5) is 5.69 Å². The van der Waals surface area contributed by atoms with Crippen LogP contribution in [0.3, 0.4) is 0 Å². The number of benzene rings is 1. The van der Waals surface area contributed by atoms with Crippen molar-refractivity contribution in [3.05, 3.63) is 23.2 Å². The Labute approximate surface area is 137 Å². The maximum absolute atomic E-state index is 12.4. The Hall–Kier alpha value is -2.28. The zero-order valence-electron chi connectivity index (χ0n) is 12.3. The van der Waals surface area contributed by atoms with Crippen LogP contribution in [0.25, 0.3) is 0 Å². The summed E-state index contributed by atoms with van der Waals surface area (Å²) in [4.78, 5) is 38.7. The molecule has 1 saturated heterocycles. The van der Waals surface area contributed by atoms with Gasteiger partial charge in [-0.25, -0.2) is 0 Å². The van der Waals surface area contributed by atoms with Crippen molar-refractivity contribution in [2.75, 3.05) is 31.1 Å². The second-order valence-electron chi connectivity index (χ2n) is 5.61. The highest BCUT2D eigenvalue weighted by molar-refractivity contribution is 6.31. The molecular weight excluding hydrogens is 322 g/mol. The minimum Gasteiger partial charge on any atom is -0.482 e. The largest absolute Gasteiger partial charge is 0.482 e. The van der Waals surface area contributed by atoms with Gasteiger partial charge in [0.1, 0.15) is 12.3 Å². The molecule has 2 N–H and O–H groups in total. The molecule has 1 aromatic rings. The lowest BCUT2D eigenvalue weighted by atomic mass is 10.1. The highest BCUT2D eigenvalue weighted by Crippen LogP contribution is 2.34. The minimum absolute atomic E-state index is 0.110. The standard InChI is InChI=1S/C15H16ClN3O4/c16-10-1-2-12-11(5-10)19(14(21)8-23-12)7-13(20)18-4-3-9(6-18)15(17)22/h1-2,5,9H,3-4,6-8H2,(H2,17,22). The molecule has 1 atom stereocenters. The number of anilines is 1. The second kappa shape index (κ2) is 6.08. The third kappa shape index (κ3) is 3.10. The predicted molar refractivity (Wildman–Crippen MR) is 83.2 cm³/mol. The monoisotopic (exact) mass is 337 g/mol. The van der Waals surface area contributed by atoms with E-state index >= 15 is 0 Å². The number of primary amides is 1. The summed E-state index contributed by atoms with van der Waals surface area (Å²) in [6.45, 7) is 0.537. The summed E-state index contributed by atoms with van der Waals surface area (Å²) in [7, 11) is 0. The molecule has 23 heavy (non-hydrogen) atoms. The second-order valence-corrected chi connectivity index (χ2v) is 6.04. The molecule has 2 heterocycles. The highest BCUT2D eigenvalue weighted by atomic mass is 35.5. The van der Waals surface area contributed by atoms with Gasteiger partial charge >= 0.3 is 0 Å². The van der Waals surface area contributed by atoms with E-state index in [1.807, 2.05) is 0 Å². The summed E-state index contributed by atoms with van der Waals surface area (Å²) in [5.41, 5.74) is 5.75. The third-order valence-electron chi connectivity index (χ3n) is 4.10. The zero-order chi connectivity index (χ0) is 16.6. The summed E-state index contributed by atoms with van der Waals surface area (Å²) < 4.78 is 5.34. The summed E-state index contributed by atoms with van der Waals surface area (Å²) >= 11 is 5.97. The Morgan fingerprint density at radius 3 is 2.87 bits per heavy atom. The number of rotatable bonds is 3. The molecule has 122 valence electrons. The number of amides is 3. The van der Waals surface area contributed by atoms with E-state index in [2.05, 4.69) is 0 Å². The third-order valence-corrected chi connectivity index (χ3v) is 4.34. The number of hydrogen-bond acceptors (Lipinski definition) is 4. The smallest absolute Gasteiger partial charge is 0.265 e. The number of nitrogens with zero attached hydrogens (tertiary/aromatic N) is 2. The van der Waals surface area contributed by atoms with Crippen molar-refractivity contribution in [2.45, 2.75) is 6.42 Å². The first-order valence-corrected chi connectivity index (χ1v) is 7.63. The van der Waals surface area contributed by atoms with Crippen LogP contribution < -0.4 is 15.4 Å². The summed E-state index contributed by atoms with van der Waals surface area (Å²) in [5, 5.41) is 0.453. The van der Waals surface area contributed by atoms with E-state index < -0.39 is 5.91 Å². The average Bonchev–Trinajstić information content (AvgIpc) is 3.00. The molecule has 7 nitrogen and oxygen atoms in total. The van der Waals surface area contributed by atoms with Gasteiger partial charge in [-0.15, -0.1) is 0 Å². The van der Waals surface area contributed by atoms with Crippen molar-refractivity contribution in [2.24, 2.45) is 11.7 Å². The number of hydrogen-bond donors (Lipinski definition) is 1. The Kier molecular flexibility index (Phi) is 4.12. The molecule has 3 amide bonds. The van der Waals surface area contributed by atoms with Gasteiger partial charge in [-0.05, 0) is 24.6 Å². The van der Waals surface area contributed by atoms with Crippen molar-refractivity contribution in [3.63, 3.8) is 0 Å². The lowest BCUT2D eigenvalue weighted by Crippen LogP contribution is -2.46. The van der Waals surface area contributed by atoms with Gasteiger partial charge in [0.2, 0.25) is 11.8 Å². The van der Waals surface area contributed by atoms with E-state index in [0.717, 1.165) is 0 Å². The van der Waals surface area contributed by atoms with Gasteiger partial charge in [0.25, 0.3) is 5.91 Å². The van der Waals surface area contributed by atoms with Crippen LogP contribution in [0.5, 0.6) is 5.75 Å². The lowest BCUT2D eigenvalue weighted by molar-refractivity contribution is -0.131. The first-order chi connectivity index (χ1) is 11.0. The lowest BCUT2D eigenvalue weighted by Gasteiger charge is -2.30. The number of carbonyl (C=O) groups excluding carboxylic acids is 3. The van der Waals surface area contributed by atoms with Crippen LogP contribution in [0.2, 0.25) is 5.02 Å². The molecule has 0 spiro atoms. The zero-order valence-corrected chi connectivity index (χ0v) is 13.1. The number of ether oxygens (including phenoxy) is 1. The summed E-state index contributed by atoms with van der Waals surface area (Å²) in [6.07, 6.45) is 0.556. The highest BCUT2D eigenvalue weighted by Gasteiger charge is 2.33. The Bertz CT molecular complexity index is 679. The van der Waals surface area contributed by atoms with Gasteiger partial charge < -0.3 is 15.4 Å². The number of likely N-dealkylation sites (tertiary alicyclic amines) is 1. The van der Waals surface area contributed by atoms with Gasteiger partial charge in [-0.2, -0.15) is 0 Å². The van der Waals surface area contributed by atoms with E-state index in [4.69, 9.17) is 22.1 Å². The molecule has 0 saturated carbocycles. The molecule has 0 radical (unpaired) electrons. The number of halogens is 1. The molecule has 2 aliphatic heterocycles. The number of carbonyl (C=O) groups is 3. The molecular formula is C15H16ClN3O4. The van der Waals surface area contributed by atoms with Crippen molar-refractivity contribution < 1.29 is 19.1 Å². The van der Waals surface area contributed by atoms with Crippen LogP contribution in [-0.2, 0) is 14.4 Å². The van der Waals surface area contributed by atoms with Crippen molar-refractivity contribution in [1.82, 2.24) is 4.90 Å². The molecule has 2 aliphatic rings. The first kappa shape index (κ1) is 15.6. The van der Waals surface area contributed by atoms with Gasteiger partial charge in [-0.1, -0.05) is 11.6 Å². The topological polar surface area (TPSA) is 92.9 Å². The molecule has 1 aromatic carbocycles. The van der Waals surface area contributed by atoms with E-state index in [0.29, 0.717) is 36.0 Å². The van der Waals surface area contributed by atoms with E-state index in [-0.39, 0.29) is 30.9 Å². The maximum Gasteiger partial charge on any atom is 0.265 e. The molecule has 1 fully saturated rings. The molecule has 3 rings (SSSR count). The first-order valence-electron chi connectivity index (χ1n) is 7.25. The van der Waals surface area contributed by atoms with Crippen LogP contribution in [0.15, 0.2) is 18.2 Å². The Balaban J connectivity index is 1.75. The van der Waals surface area contributed by atoms with Gasteiger partial charge in [-0.3, -0.25) is 19.3 Å². The van der Waals surface area contributed by atoms with Crippen molar-refractivity contribution >= 4 is 35.0 Å². The average molecular weight is 338 g/mol. The van der Waals surface area contributed by atoms with Crippen LogP contribution in [0, 0.1) is 5.92 Å². The Morgan fingerprint density at radius 1 is 1.39 bits per heavy atom. The van der Waals surface area contributed by atoms with E-state index in [9.17, 15) is 14.4 Å². The molecule has 0 bridgehead atoms. The molecule has 0 aliphatic carbocycles. The van der Waals surface area contributed by atoms with Gasteiger partial charge in [0.05, 0.1) is 11.6 Å². The van der Waals surface area contributed by atoms with Crippen LogP contribution in [0.1, 0.15) is 6.42 Å². The molecule has 1 unspecified atom stereocenters. The minimum atomic E-state index is -0.403. The van der Waals surface area contributed by atoms with Crippen LogP contribution >= 0.6 is 11.6 Å². The van der Waals surface area contributed by atoms with Gasteiger partial charge in [0.15, 0.2) is 6.61 Å². The van der Waals surface area contributed by atoms with Crippen molar-refractivity contribution in [1.29, 1.82) is 0 Å². The Morgan fingerprint density at radius 2 is 2.17 bits per heavy atom. The summed E-state index contributed by atoms with van der Waals surface area (Å²) in [5.74, 6) is -0.743. The fourth-order valence-electron chi connectivity index (χ4n) is 2.80. The molecule has 8 heteroatoms.